The highest BCUT2D eigenvalue weighted by Crippen LogP contribution is 2.39. The SMILES string of the molecule is CC(C)C(C)NC(=O)C1CCN(C(C)C(=O)Nc2sc3c(c2C(N)=O)CCC3)CC1. The number of piperidine rings is 1. The number of nitrogens with zero attached hydrogens (tertiary/aromatic N) is 1. The minimum Gasteiger partial charge on any atom is -0.365 e. The van der Waals surface area contributed by atoms with Crippen molar-refractivity contribution in [3.63, 3.8) is 0 Å². The van der Waals surface area contributed by atoms with Gasteiger partial charge in [0.05, 0.1) is 11.6 Å². The van der Waals surface area contributed by atoms with Crippen LogP contribution in [-0.2, 0) is 22.4 Å². The van der Waals surface area contributed by atoms with Crippen LogP contribution in [-0.4, -0.2) is 47.8 Å². The Labute approximate surface area is 182 Å². The van der Waals surface area contributed by atoms with Crippen LogP contribution in [0.5, 0.6) is 0 Å². The number of anilines is 1. The molecule has 1 aromatic heterocycles. The molecule has 0 saturated carbocycles. The Balaban J connectivity index is 1.56. The molecule has 1 aliphatic carbocycles. The molecule has 2 atom stereocenters. The van der Waals surface area contributed by atoms with Gasteiger partial charge in [0.1, 0.15) is 5.00 Å². The molecule has 3 amide bonds. The number of rotatable bonds is 7. The predicted octanol–water partition coefficient (Wildman–Crippen LogP) is 2.54. The molecule has 1 aromatic rings. The third-order valence-electron chi connectivity index (χ3n) is 6.60. The third kappa shape index (κ3) is 4.86. The maximum atomic E-state index is 12.9. The zero-order chi connectivity index (χ0) is 22.0. The number of fused-ring (bicyclic) bond motifs is 1. The fourth-order valence-electron chi connectivity index (χ4n) is 4.19. The smallest absolute Gasteiger partial charge is 0.251 e. The number of hydrogen-bond acceptors (Lipinski definition) is 5. The minimum atomic E-state index is -0.472. The summed E-state index contributed by atoms with van der Waals surface area (Å²) in [4.78, 5) is 40.6. The van der Waals surface area contributed by atoms with Crippen molar-refractivity contribution in [2.45, 2.75) is 71.9 Å². The van der Waals surface area contributed by atoms with Crippen molar-refractivity contribution in [2.75, 3.05) is 18.4 Å². The molecule has 1 aliphatic heterocycles. The number of carbonyl (C=O) groups is 3. The fraction of sp³-hybridized carbons (Fsp3) is 0.682. The van der Waals surface area contributed by atoms with E-state index in [0.717, 1.165) is 42.5 Å². The van der Waals surface area contributed by atoms with Gasteiger partial charge in [0.2, 0.25) is 11.8 Å². The first kappa shape index (κ1) is 22.7. The number of aryl methyl sites for hydroxylation is 1. The van der Waals surface area contributed by atoms with Crippen LogP contribution in [0.3, 0.4) is 0 Å². The van der Waals surface area contributed by atoms with E-state index < -0.39 is 5.91 Å². The summed E-state index contributed by atoms with van der Waals surface area (Å²) in [6.07, 6.45) is 4.31. The van der Waals surface area contributed by atoms with Gasteiger partial charge < -0.3 is 16.4 Å². The summed E-state index contributed by atoms with van der Waals surface area (Å²) in [5.41, 5.74) is 7.09. The maximum absolute atomic E-state index is 12.9. The second kappa shape index (κ2) is 9.47. The van der Waals surface area contributed by atoms with Gasteiger partial charge in [-0.1, -0.05) is 13.8 Å². The van der Waals surface area contributed by atoms with Crippen molar-refractivity contribution in [1.82, 2.24) is 10.2 Å². The Morgan fingerprint density at radius 3 is 2.37 bits per heavy atom. The second-order valence-electron chi connectivity index (χ2n) is 8.94. The quantitative estimate of drug-likeness (QED) is 0.613. The molecule has 0 aromatic carbocycles. The first-order valence-corrected chi connectivity index (χ1v) is 11.8. The van der Waals surface area contributed by atoms with Gasteiger partial charge in [0.25, 0.3) is 5.91 Å². The summed E-state index contributed by atoms with van der Waals surface area (Å²) in [7, 11) is 0. The number of amides is 3. The summed E-state index contributed by atoms with van der Waals surface area (Å²) in [6, 6.07) is -0.173. The molecule has 1 fully saturated rings. The number of primary amides is 1. The van der Waals surface area contributed by atoms with E-state index >= 15 is 0 Å². The lowest BCUT2D eigenvalue weighted by molar-refractivity contribution is -0.128. The molecule has 2 heterocycles. The third-order valence-corrected chi connectivity index (χ3v) is 7.81. The van der Waals surface area contributed by atoms with Crippen LogP contribution in [0.15, 0.2) is 0 Å². The van der Waals surface area contributed by atoms with E-state index in [4.69, 9.17) is 5.73 Å². The largest absolute Gasteiger partial charge is 0.365 e. The predicted molar refractivity (Wildman–Crippen MR) is 120 cm³/mol. The highest BCUT2D eigenvalue weighted by Gasteiger charge is 2.32. The molecule has 166 valence electrons. The van der Waals surface area contributed by atoms with E-state index in [0.29, 0.717) is 29.6 Å². The summed E-state index contributed by atoms with van der Waals surface area (Å²) < 4.78 is 0. The van der Waals surface area contributed by atoms with Gasteiger partial charge in [-0.15, -0.1) is 11.3 Å². The molecule has 30 heavy (non-hydrogen) atoms. The molecule has 8 heteroatoms. The fourth-order valence-corrected chi connectivity index (χ4v) is 5.49. The van der Waals surface area contributed by atoms with Gasteiger partial charge in [-0.05, 0) is 70.5 Å². The summed E-state index contributed by atoms with van der Waals surface area (Å²) in [5, 5.41) is 6.64. The zero-order valence-electron chi connectivity index (χ0n) is 18.4. The lowest BCUT2D eigenvalue weighted by atomic mass is 9.94. The van der Waals surface area contributed by atoms with Gasteiger partial charge in [0, 0.05) is 16.8 Å². The minimum absolute atomic E-state index is 0.000513. The van der Waals surface area contributed by atoms with Crippen molar-refractivity contribution in [1.29, 1.82) is 0 Å². The Bertz CT molecular complexity index is 812. The summed E-state index contributed by atoms with van der Waals surface area (Å²) in [5.74, 6) is -0.0816. The number of carbonyl (C=O) groups excluding carboxylic acids is 3. The van der Waals surface area contributed by atoms with Gasteiger partial charge >= 0.3 is 0 Å². The number of nitrogens with two attached hydrogens (primary N) is 1. The van der Waals surface area contributed by atoms with Crippen molar-refractivity contribution in [3.8, 4) is 0 Å². The average Bonchev–Trinajstić information content (AvgIpc) is 3.27. The molecular weight excluding hydrogens is 400 g/mol. The molecule has 2 unspecified atom stereocenters. The molecule has 1 saturated heterocycles. The van der Waals surface area contributed by atoms with Crippen LogP contribution in [0.25, 0.3) is 0 Å². The standard InChI is InChI=1S/C22H34N4O3S/c1-12(2)13(3)24-21(29)15-8-10-26(11-9-15)14(4)20(28)25-22-18(19(23)27)16-6-5-7-17(16)30-22/h12-15H,5-11H2,1-4H3,(H2,23,27)(H,24,29)(H,25,28). The Hall–Kier alpha value is -1.93. The molecule has 7 nitrogen and oxygen atoms in total. The van der Waals surface area contributed by atoms with Crippen LogP contribution in [0.2, 0.25) is 0 Å². The summed E-state index contributed by atoms with van der Waals surface area (Å²) in [6.45, 7) is 9.50. The van der Waals surface area contributed by atoms with Crippen molar-refractivity contribution < 1.29 is 14.4 Å². The lowest BCUT2D eigenvalue weighted by Crippen LogP contribution is -2.49. The van der Waals surface area contributed by atoms with E-state index in [-0.39, 0.29) is 29.8 Å². The Morgan fingerprint density at radius 1 is 1.10 bits per heavy atom. The average molecular weight is 435 g/mol. The normalized spacial score (nSPS) is 19.4. The van der Waals surface area contributed by atoms with E-state index in [9.17, 15) is 14.4 Å². The zero-order valence-corrected chi connectivity index (χ0v) is 19.2. The molecule has 0 spiro atoms. The summed E-state index contributed by atoms with van der Waals surface area (Å²) >= 11 is 1.48. The van der Waals surface area contributed by atoms with Crippen LogP contribution in [0, 0.1) is 11.8 Å². The van der Waals surface area contributed by atoms with E-state index in [1.54, 1.807) is 0 Å². The van der Waals surface area contributed by atoms with Gasteiger partial charge in [-0.25, -0.2) is 0 Å². The Kier molecular flexibility index (Phi) is 7.18. The number of thiophene rings is 1. The number of likely N-dealkylation sites (tertiary alicyclic amines) is 1. The molecule has 4 N–H and O–H groups in total. The topological polar surface area (TPSA) is 105 Å². The van der Waals surface area contributed by atoms with Crippen molar-refractivity contribution >= 4 is 34.1 Å². The molecule has 3 rings (SSSR count). The van der Waals surface area contributed by atoms with Crippen LogP contribution in [0.4, 0.5) is 5.00 Å². The molecular formula is C22H34N4O3S. The first-order valence-electron chi connectivity index (χ1n) is 11.0. The highest BCUT2D eigenvalue weighted by molar-refractivity contribution is 7.17. The number of hydrogen-bond donors (Lipinski definition) is 3. The van der Waals surface area contributed by atoms with Crippen LogP contribution < -0.4 is 16.4 Å². The maximum Gasteiger partial charge on any atom is 0.251 e. The Morgan fingerprint density at radius 2 is 1.77 bits per heavy atom. The molecule has 2 aliphatic rings. The number of nitrogens with one attached hydrogen (secondary N) is 2. The lowest BCUT2D eigenvalue weighted by Gasteiger charge is -2.35. The van der Waals surface area contributed by atoms with E-state index in [1.807, 2.05) is 13.8 Å². The van der Waals surface area contributed by atoms with Crippen LogP contribution in [0.1, 0.15) is 67.8 Å². The van der Waals surface area contributed by atoms with E-state index in [2.05, 4.69) is 29.4 Å². The van der Waals surface area contributed by atoms with Gasteiger partial charge in [0.15, 0.2) is 0 Å². The molecule has 0 bridgehead atoms. The van der Waals surface area contributed by atoms with Gasteiger partial charge in [-0.2, -0.15) is 0 Å². The highest BCUT2D eigenvalue weighted by atomic mass is 32.1. The van der Waals surface area contributed by atoms with Gasteiger partial charge in [-0.3, -0.25) is 19.3 Å². The van der Waals surface area contributed by atoms with Crippen molar-refractivity contribution in [2.24, 2.45) is 17.6 Å². The van der Waals surface area contributed by atoms with Crippen LogP contribution >= 0.6 is 11.3 Å². The molecule has 0 radical (unpaired) electrons. The second-order valence-corrected chi connectivity index (χ2v) is 10.0. The monoisotopic (exact) mass is 434 g/mol. The van der Waals surface area contributed by atoms with E-state index in [1.165, 1.54) is 11.3 Å². The van der Waals surface area contributed by atoms with Crippen molar-refractivity contribution in [3.05, 3.63) is 16.0 Å². The first-order chi connectivity index (χ1) is 14.2.